The molecule has 1 atom stereocenters. The van der Waals surface area contributed by atoms with Crippen molar-refractivity contribution in [1.82, 2.24) is 10.2 Å². The van der Waals surface area contributed by atoms with Crippen molar-refractivity contribution in [2.75, 3.05) is 26.2 Å². The molecule has 1 N–H and O–H groups in total. The summed E-state index contributed by atoms with van der Waals surface area (Å²) < 4.78 is 0. The van der Waals surface area contributed by atoms with E-state index in [-0.39, 0.29) is 24.8 Å². The minimum absolute atomic E-state index is 0. The molecule has 2 fully saturated rings. The van der Waals surface area contributed by atoms with Gasteiger partial charge in [0.1, 0.15) is 0 Å². The molecule has 2 heterocycles. The second kappa shape index (κ2) is 7.84. The Morgan fingerprint density at radius 3 is 2.37 bits per heavy atom. The normalized spacial score (nSPS) is 21.9. The summed E-state index contributed by atoms with van der Waals surface area (Å²) in [6.45, 7) is 6.99. The van der Waals surface area contributed by atoms with E-state index in [1.54, 1.807) is 4.88 Å². The van der Waals surface area contributed by atoms with Crippen molar-refractivity contribution in [3.05, 3.63) is 21.9 Å². The third-order valence-corrected chi connectivity index (χ3v) is 5.27. The number of hydrogen-bond donors (Lipinski definition) is 1. The molecule has 0 unspecified atom stereocenters. The van der Waals surface area contributed by atoms with E-state index in [2.05, 4.69) is 29.3 Å². The van der Waals surface area contributed by atoms with Crippen LogP contribution in [0.15, 0.2) is 12.1 Å². The van der Waals surface area contributed by atoms with Gasteiger partial charge in [0.15, 0.2) is 0 Å². The Bertz CT molecular complexity index is 373. The molecule has 0 spiro atoms. The number of halogens is 2. The van der Waals surface area contributed by atoms with Gasteiger partial charge in [0.25, 0.3) is 0 Å². The topological polar surface area (TPSA) is 15.3 Å². The lowest BCUT2D eigenvalue weighted by Crippen LogP contribution is -2.47. The average molecular weight is 323 g/mol. The van der Waals surface area contributed by atoms with Crippen LogP contribution < -0.4 is 5.32 Å². The van der Waals surface area contributed by atoms with E-state index in [1.807, 2.05) is 11.3 Å². The Morgan fingerprint density at radius 2 is 1.89 bits per heavy atom. The molecule has 2 aliphatic rings. The summed E-state index contributed by atoms with van der Waals surface area (Å²) in [6.07, 6.45) is 4.31. The fourth-order valence-corrected chi connectivity index (χ4v) is 4.14. The Balaban J connectivity index is 0.000000902. The third-order valence-electron chi connectivity index (χ3n) is 4.19. The fraction of sp³-hybridized carbons (Fsp3) is 0.714. The van der Waals surface area contributed by atoms with Crippen LogP contribution in [0.1, 0.15) is 35.1 Å². The number of hydrogen-bond acceptors (Lipinski definition) is 3. The first kappa shape index (κ1) is 17.3. The summed E-state index contributed by atoms with van der Waals surface area (Å²) in [7, 11) is 0. The predicted octanol–water partition coefficient (Wildman–Crippen LogP) is 3.65. The molecule has 1 saturated carbocycles. The molecule has 0 aromatic carbocycles. The van der Waals surface area contributed by atoms with Crippen LogP contribution in [0.2, 0.25) is 0 Å². The zero-order valence-corrected chi connectivity index (χ0v) is 13.9. The highest BCUT2D eigenvalue weighted by molar-refractivity contribution is 7.12. The first-order chi connectivity index (χ1) is 8.34. The van der Waals surface area contributed by atoms with Crippen LogP contribution in [-0.2, 0) is 0 Å². The molecule has 0 bridgehead atoms. The maximum absolute atomic E-state index is 3.46. The number of piperazine rings is 1. The molecule has 0 amide bonds. The molecular weight excluding hydrogens is 299 g/mol. The molecule has 1 aliphatic carbocycles. The lowest BCUT2D eigenvalue weighted by atomic mass is 9.78. The smallest absolute Gasteiger partial charge is 0.0470 e. The number of thiophene rings is 1. The van der Waals surface area contributed by atoms with Gasteiger partial charge < -0.3 is 5.32 Å². The van der Waals surface area contributed by atoms with Crippen molar-refractivity contribution in [1.29, 1.82) is 0 Å². The van der Waals surface area contributed by atoms with Gasteiger partial charge in [-0.15, -0.1) is 36.2 Å². The van der Waals surface area contributed by atoms with E-state index in [1.165, 1.54) is 37.2 Å². The van der Waals surface area contributed by atoms with Crippen molar-refractivity contribution >= 4 is 36.2 Å². The lowest BCUT2D eigenvalue weighted by Gasteiger charge is -2.42. The van der Waals surface area contributed by atoms with Crippen LogP contribution >= 0.6 is 36.2 Å². The summed E-state index contributed by atoms with van der Waals surface area (Å²) >= 11 is 2.01. The van der Waals surface area contributed by atoms with E-state index in [0.29, 0.717) is 6.04 Å². The highest BCUT2D eigenvalue weighted by Crippen LogP contribution is 2.43. The van der Waals surface area contributed by atoms with E-state index >= 15 is 0 Å². The molecular formula is C14H24Cl2N2S. The van der Waals surface area contributed by atoms with Gasteiger partial charge in [0.05, 0.1) is 0 Å². The molecule has 3 rings (SSSR count). The predicted molar refractivity (Wildman–Crippen MR) is 88.1 cm³/mol. The van der Waals surface area contributed by atoms with Crippen molar-refractivity contribution in [3.8, 4) is 0 Å². The van der Waals surface area contributed by atoms with Gasteiger partial charge in [-0.05, 0) is 37.8 Å². The highest BCUT2D eigenvalue weighted by atomic mass is 35.5. The van der Waals surface area contributed by atoms with Gasteiger partial charge in [-0.3, -0.25) is 4.90 Å². The maximum Gasteiger partial charge on any atom is 0.0470 e. The van der Waals surface area contributed by atoms with Crippen LogP contribution in [-0.4, -0.2) is 31.1 Å². The van der Waals surface area contributed by atoms with Gasteiger partial charge in [0, 0.05) is 42.0 Å². The molecule has 2 nitrogen and oxygen atoms in total. The molecule has 19 heavy (non-hydrogen) atoms. The van der Waals surface area contributed by atoms with Gasteiger partial charge >= 0.3 is 0 Å². The first-order valence-corrected chi connectivity index (χ1v) is 7.67. The molecule has 1 aliphatic heterocycles. The number of rotatable bonds is 3. The summed E-state index contributed by atoms with van der Waals surface area (Å²) in [5.41, 5.74) is 0. The van der Waals surface area contributed by atoms with Crippen molar-refractivity contribution in [2.24, 2.45) is 5.92 Å². The molecule has 1 aromatic heterocycles. The molecule has 1 saturated heterocycles. The third kappa shape index (κ3) is 3.85. The van der Waals surface area contributed by atoms with Crippen LogP contribution in [0.5, 0.6) is 0 Å². The van der Waals surface area contributed by atoms with Gasteiger partial charge in [-0.25, -0.2) is 0 Å². The zero-order valence-electron chi connectivity index (χ0n) is 11.4. The largest absolute Gasteiger partial charge is 0.314 e. The molecule has 1 aromatic rings. The number of nitrogens with zero attached hydrogens (tertiary/aromatic N) is 1. The summed E-state index contributed by atoms with van der Waals surface area (Å²) in [6, 6.07) is 5.36. The molecule has 5 heteroatoms. The van der Waals surface area contributed by atoms with Crippen LogP contribution in [0.25, 0.3) is 0 Å². The van der Waals surface area contributed by atoms with Crippen molar-refractivity contribution in [3.63, 3.8) is 0 Å². The fourth-order valence-electron chi connectivity index (χ4n) is 3.04. The minimum atomic E-state index is 0. The van der Waals surface area contributed by atoms with Gasteiger partial charge in [0.2, 0.25) is 0 Å². The van der Waals surface area contributed by atoms with Crippen LogP contribution in [0.3, 0.4) is 0 Å². The van der Waals surface area contributed by atoms with Crippen LogP contribution in [0.4, 0.5) is 0 Å². The van der Waals surface area contributed by atoms with Crippen LogP contribution in [0, 0.1) is 12.8 Å². The molecule has 0 radical (unpaired) electrons. The minimum Gasteiger partial charge on any atom is -0.314 e. The Morgan fingerprint density at radius 1 is 1.21 bits per heavy atom. The van der Waals surface area contributed by atoms with E-state index in [9.17, 15) is 0 Å². The first-order valence-electron chi connectivity index (χ1n) is 6.86. The lowest BCUT2D eigenvalue weighted by molar-refractivity contribution is 0.0861. The van der Waals surface area contributed by atoms with E-state index < -0.39 is 0 Å². The quantitative estimate of drug-likeness (QED) is 0.913. The Labute approximate surface area is 132 Å². The van der Waals surface area contributed by atoms with Crippen molar-refractivity contribution < 1.29 is 0 Å². The van der Waals surface area contributed by atoms with E-state index in [4.69, 9.17) is 0 Å². The second-order valence-electron chi connectivity index (χ2n) is 5.37. The number of aryl methyl sites for hydroxylation is 1. The Kier molecular flexibility index (Phi) is 7.12. The standard InChI is InChI=1S/C14H22N2S.2ClH/c1-11-5-6-13(17-11)14(12-3-2-4-12)16-9-7-15-8-10-16;;/h5-6,12,14-15H,2-4,7-10H2,1H3;2*1H/t14-;;/m1../s1. The van der Waals surface area contributed by atoms with E-state index in [0.717, 1.165) is 19.0 Å². The Hall–Kier alpha value is 0.200. The van der Waals surface area contributed by atoms with Crippen molar-refractivity contribution in [2.45, 2.75) is 32.2 Å². The highest BCUT2D eigenvalue weighted by Gasteiger charge is 2.34. The summed E-state index contributed by atoms with van der Waals surface area (Å²) in [5.74, 6) is 0.922. The number of nitrogens with one attached hydrogen (secondary N) is 1. The second-order valence-corrected chi connectivity index (χ2v) is 6.69. The maximum atomic E-state index is 3.46. The summed E-state index contributed by atoms with van der Waals surface area (Å²) in [5, 5.41) is 3.46. The zero-order chi connectivity index (χ0) is 11.7. The van der Waals surface area contributed by atoms with Gasteiger partial charge in [-0.1, -0.05) is 6.42 Å². The molecule has 110 valence electrons. The monoisotopic (exact) mass is 322 g/mol. The SMILES string of the molecule is Cc1ccc([C@@H](C2CCC2)N2CCNCC2)s1.Cl.Cl. The average Bonchev–Trinajstić information content (AvgIpc) is 2.71. The van der Waals surface area contributed by atoms with Gasteiger partial charge in [-0.2, -0.15) is 0 Å². The summed E-state index contributed by atoms with van der Waals surface area (Å²) in [4.78, 5) is 5.78.